The van der Waals surface area contributed by atoms with E-state index in [2.05, 4.69) is 15.3 Å². The summed E-state index contributed by atoms with van der Waals surface area (Å²) < 4.78 is 23.5. The first-order valence-electron chi connectivity index (χ1n) is 8.92. The molecular weight excluding hydrogens is 408 g/mol. The molecule has 2 aromatic carbocycles. The number of fused-ring (bicyclic) bond motifs is 1. The molecule has 1 aliphatic rings. The first kappa shape index (κ1) is 19.4. The Hall–Kier alpha value is -2.90. The predicted octanol–water partition coefficient (Wildman–Crippen LogP) is 4.27. The molecular formula is C21H19ClN4O2S. The van der Waals surface area contributed by atoms with E-state index < -0.39 is 9.84 Å². The van der Waals surface area contributed by atoms with E-state index in [9.17, 15) is 8.42 Å². The number of hydrogen-bond acceptors (Lipinski definition) is 6. The van der Waals surface area contributed by atoms with Crippen molar-refractivity contribution in [3.63, 3.8) is 0 Å². The number of benzene rings is 2. The highest BCUT2D eigenvalue weighted by molar-refractivity contribution is 7.90. The molecule has 4 rings (SSSR count). The van der Waals surface area contributed by atoms with Gasteiger partial charge in [-0.3, -0.25) is 0 Å². The number of aromatic nitrogens is 2. The van der Waals surface area contributed by atoms with Gasteiger partial charge in [-0.15, -0.1) is 0 Å². The molecule has 0 unspecified atom stereocenters. The Kier molecular flexibility index (Phi) is 5.02. The minimum atomic E-state index is -3.28. The average Bonchev–Trinajstić information content (AvgIpc) is 2.68. The van der Waals surface area contributed by atoms with Crippen molar-refractivity contribution in [3.05, 3.63) is 70.9 Å². The number of rotatable bonds is 4. The zero-order chi connectivity index (χ0) is 20.6. The molecule has 6 nitrogen and oxygen atoms in total. The molecule has 0 aliphatic carbocycles. The Morgan fingerprint density at radius 1 is 1.14 bits per heavy atom. The Bertz CT molecular complexity index is 1220. The van der Waals surface area contributed by atoms with Crippen molar-refractivity contribution in [1.82, 2.24) is 9.97 Å². The monoisotopic (exact) mass is 426 g/mol. The van der Waals surface area contributed by atoms with Gasteiger partial charge in [0.15, 0.2) is 9.84 Å². The van der Waals surface area contributed by atoms with Crippen LogP contribution in [-0.2, 0) is 9.84 Å². The Balaban J connectivity index is 1.65. The number of nitrogens with one attached hydrogen (secondary N) is 1. The Morgan fingerprint density at radius 3 is 2.69 bits per heavy atom. The fourth-order valence-corrected chi connectivity index (χ4v) is 4.16. The van der Waals surface area contributed by atoms with Crippen LogP contribution in [-0.4, -0.2) is 38.2 Å². The summed E-state index contributed by atoms with van der Waals surface area (Å²) in [4.78, 5) is 11.3. The van der Waals surface area contributed by atoms with Gasteiger partial charge in [-0.25, -0.2) is 13.4 Å². The van der Waals surface area contributed by atoms with Crippen molar-refractivity contribution in [2.24, 2.45) is 0 Å². The van der Waals surface area contributed by atoms with Crippen LogP contribution in [0, 0.1) is 0 Å². The van der Waals surface area contributed by atoms with Crippen LogP contribution in [0.4, 0.5) is 17.5 Å². The maximum Gasteiger partial charge on any atom is 0.229 e. The third-order valence-corrected chi connectivity index (χ3v) is 6.07. The largest absolute Gasteiger partial charge is 0.355 e. The van der Waals surface area contributed by atoms with Crippen LogP contribution in [0.5, 0.6) is 0 Å². The smallest absolute Gasteiger partial charge is 0.229 e. The van der Waals surface area contributed by atoms with Gasteiger partial charge in [0.25, 0.3) is 0 Å². The summed E-state index contributed by atoms with van der Waals surface area (Å²) in [5.74, 6) is 1.19. The second-order valence-electron chi connectivity index (χ2n) is 6.90. The second-order valence-corrected chi connectivity index (χ2v) is 9.33. The van der Waals surface area contributed by atoms with E-state index in [0.717, 1.165) is 22.5 Å². The highest BCUT2D eigenvalue weighted by atomic mass is 35.5. The number of anilines is 3. The number of nitrogens with zero attached hydrogens (tertiary/aromatic N) is 3. The summed E-state index contributed by atoms with van der Waals surface area (Å²) >= 11 is 6.35. The van der Waals surface area contributed by atoms with Gasteiger partial charge >= 0.3 is 0 Å². The first-order valence-corrected chi connectivity index (χ1v) is 11.2. The molecule has 1 N–H and O–H groups in total. The van der Waals surface area contributed by atoms with E-state index in [1.807, 2.05) is 42.3 Å². The van der Waals surface area contributed by atoms with Crippen molar-refractivity contribution in [1.29, 1.82) is 0 Å². The van der Waals surface area contributed by atoms with Crippen molar-refractivity contribution in [2.45, 2.75) is 4.90 Å². The number of likely N-dealkylation sites (N-methyl/N-ethyl adjacent to an activating group) is 1. The molecule has 148 valence electrons. The van der Waals surface area contributed by atoms with E-state index in [0.29, 0.717) is 23.2 Å². The fourth-order valence-electron chi connectivity index (χ4n) is 3.23. The molecule has 0 spiro atoms. The summed E-state index contributed by atoms with van der Waals surface area (Å²) in [6.07, 6.45) is 4.97. The van der Waals surface area contributed by atoms with Crippen molar-refractivity contribution in [3.8, 4) is 0 Å². The summed E-state index contributed by atoms with van der Waals surface area (Å²) in [6, 6.07) is 14.3. The molecule has 0 amide bonds. The maximum absolute atomic E-state index is 11.8. The molecule has 0 fully saturated rings. The standard InChI is InChI=1S/C21H19ClN4O2S/c1-26-13-15(18-8-3-4-9-19(18)22)10-14-12-23-21(25-20(14)26)24-16-6-5-7-17(11-16)29(2,27)28/h3-12H,13H2,1-2H3,(H,23,24,25). The minimum Gasteiger partial charge on any atom is -0.355 e. The SMILES string of the molecule is CN1CC(c2ccccc2Cl)=Cc2cnc(Nc3cccc(S(C)(=O)=O)c3)nc21. The summed E-state index contributed by atoms with van der Waals surface area (Å²) in [5.41, 5.74) is 3.59. The van der Waals surface area contributed by atoms with Gasteiger partial charge in [0.05, 0.1) is 4.90 Å². The van der Waals surface area contributed by atoms with E-state index in [4.69, 9.17) is 11.6 Å². The number of hydrogen-bond donors (Lipinski definition) is 1. The van der Waals surface area contributed by atoms with Gasteiger partial charge in [0, 0.05) is 42.3 Å². The van der Waals surface area contributed by atoms with Gasteiger partial charge in [-0.2, -0.15) is 4.98 Å². The number of halogens is 1. The average molecular weight is 427 g/mol. The van der Waals surface area contributed by atoms with Crippen molar-refractivity contribution >= 4 is 50.5 Å². The molecule has 0 saturated heterocycles. The lowest BCUT2D eigenvalue weighted by atomic mass is 10.00. The summed E-state index contributed by atoms with van der Waals surface area (Å²) in [7, 11) is -1.32. The molecule has 8 heteroatoms. The molecule has 1 aromatic heterocycles. The van der Waals surface area contributed by atoms with Gasteiger partial charge in [-0.1, -0.05) is 35.9 Å². The van der Waals surface area contributed by atoms with Crippen LogP contribution in [0.1, 0.15) is 11.1 Å². The maximum atomic E-state index is 11.8. The third kappa shape index (κ3) is 4.11. The highest BCUT2D eigenvalue weighted by Gasteiger charge is 2.20. The lowest BCUT2D eigenvalue weighted by molar-refractivity contribution is 0.602. The van der Waals surface area contributed by atoms with E-state index in [1.54, 1.807) is 30.5 Å². The normalized spacial score (nSPS) is 13.6. The predicted molar refractivity (Wildman–Crippen MR) is 117 cm³/mol. The van der Waals surface area contributed by atoms with Gasteiger partial charge < -0.3 is 10.2 Å². The number of sulfone groups is 1. The summed E-state index contributed by atoms with van der Waals surface area (Å²) in [5, 5.41) is 3.79. The first-order chi connectivity index (χ1) is 13.8. The van der Waals surface area contributed by atoms with E-state index >= 15 is 0 Å². The quantitative estimate of drug-likeness (QED) is 0.671. The molecule has 2 heterocycles. The van der Waals surface area contributed by atoms with Crippen LogP contribution >= 0.6 is 11.6 Å². The van der Waals surface area contributed by atoms with E-state index in [1.165, 1.54) is 6.26 Å². The third-order valence-electron chi connectivity index (χ3n) is 4.63. The van der Waals surface area contributed by atoms with Crippen molar-refractivity contribution in [2.75, 3.05) is 30.1 Å². The van der Waals surface area contributed by atoms with Gasteiger partial charge in [0.2, 0.25) is 5.95 Å². The summed E-state index contributed by atoms with van der Waals surface area (Å²) in [6.45, 7) is 0.663. The van der Waals surface area contributed by atoms with Crippen molar-refractivity contribution < 1.29 is 8.42 Å². The Morgan fingerprint density at radius 2 is 1.93 bits per heavy atom. The van der Waals surface area contributed by atoms with Crippen LogP contribution in [0.15, 0.2) is 59.6 Å². The second kappa shape index (κ2) is 7.50. The zero-order valence-electron chi connectivity index (χ0n) is 15.9. The molecule has 29 heavy (non-hydrogen) atoms. The van der Waals surface area contributed by atoms with Crippen LogP contribution in [0.25, 0.3) is 11.6 Å². The van der Waals surface area contributed by atoms with Gasteiger partial charge in [0.1, 0.15) is 5.82 Å². The molecule has 0 saturated carbocycles. The lowest BCUT2D eigenvalue weighted by Crippen LogP contribution is -2.25. The molecule has 0 bridgehead atoms. The molecule has 1 aliphatic heterocycles. The zero-order valence-corrected chi connectivity index (χ0v) is 17.5. The molecule has 3 aromatic rings. The minimum absolute atomic E-state index is 0.241. The van der Waals surface area contributed by atoms with E-state index in [-0.39, 0.29) is 4.90 Å². The van der Waals surface area contributed by atoms with Gasteiger partial charge in [-0.05, 0) is 41.5 Å². The molecule has 0 atom stereocenters. The van der Waals surface area contributed by atoms with Crippen LogP contribution in [0.2, 0.25) is 5.02 Å². The Labute approximate surface area is 174 Å². The highest BCUT2D eigenvalue weighted by Crippen LogP contribution is 2.33. The lowest BCUT2D eigenvalue weighted by Gasteiger charge is -2.27. The van der Waals surface area contributed by atoms with Crippen LogP contribution < -0.4 is 10.2 Å². The fraction of sp³-hybridized carbons (Fsp3) is 0.143. The molecule has 0 radical (unpaired) electrons. The van der Waals surface area contributed by atoms with Crippen LogP contribution in [0.3, 0.4) is 0 Å². The topological polar surface area (TPSA) is 75.2 Å².